The van der Waals surface area contributed by atoms with E-state index in [1.807, 2.05) is 6.92 Å². The highest BCUT2D eigenvalue weighted by molar-refractivity contribution is 8.01. The number of carboxylic acids is 1. The Hall–Kier alpha value is -2.02. The molecule has 2 bridgehead atoms. The highest BCUT2D eigenvalue weighted by atomic mass is 32.2. The molecule has 40 heavy (non-hydrogen) atoms. The quantitative estimate of drug-likeness (QED) is 0.210. The van der Waals surface area contributed by atoms with Crippen LogP contribution in [-0.2, 0) is 16.0 Å². The van der Waals surface area contributed by atoms with Crippen molar-refractivity contribution in [1.29, 1.82) is 0 Å². The summed E-state index contributed by atoms with van der Waals surface area (Å²) >= 11 is 3.17. The van der Waals surface area contributed by atoms with Gasteiger partial charge in [0.1, 0.15) is 45.0 Å². The molecule has 0 unspecified atom stereocenters. The van der Waals surface area contributed by atoms with Gasteiger partial charge in [-0.25, -0.2) is 9.78 Å². The first-order chi connectivity index (χ1) is 19.2. The monoisotopic (exact) mass is 587 g/mol. The van der Waals surface area contributed by atoms with E-state index in [0.29, 0.717) is 5.75 Å². The van der Waals surface area contributed by atoms with E-state index in [9.17, 15) is 19.8 Å². The average Bonchev–Trinajstić information content (AvgIpc) is 3.46. The lowest BCUT2D eigenvalue weighted by atomic mass is 9.78. The fraction of sp³-hybridized carbons (Fsp3) is 0.621. The van der Waals surface area contributed by atoms with Crippen LogP contribution < -0.4 is 5.73 Å². The van der Waals surface area contributed by atoms with E-state index in [0.717, 1.165) is 39.5 Å². The van der Waals surface area contributed by atoms with E-state index in [1.165, 1.54) is 83.5 Å². The van der Waals surface area contributed by atoms with Crippen molar-refractivity contribution >= 4 is 45.2 Å². The molecule has 1 amide bonds. The number of thioether (sulfide) groups is 1. The SMILES string of the molecule is C[C@@H](O)[C@H]1C(=O)N2C(C(=O)O)=C(CSc3nc4cc(CC[N+]56CC[N+](CCCN)(CC5)CC6)ccc4s3)[C@H](C)[C@H]12. The molecule has 0 radical (unpaired) electrons. The molecule has 4 atom stereocenters. The minimum atomic E-state index is -1.08. The first-order valence-corrected chi connectivity index (χ1v) is 16.4. The third-order valence-corrected chi connectivity index (χ3v) is 12.4. The lowest BCUT2D eigenvalue weighted by molar-refractivity contribution is -1.08. The van der Waals surface area contributed by atoms with Crippen molar-refractivity contribution in [3.63, 3.8) is 0 Å². The van der Waals surface area contributed by atoms with Crippen molar-refractivity contribution in [2.45, 2.75) is 43.2 Å². The summed E-state index contributed by atoms with van der Waals surface area (Å²) in [5.74, 6) is -1.55. The molecule has 4 saturated heterocycles. The van der Waals surface area contributed by atoms with Crippen molar-refractivity contribution in [3.05, 3.63) is 35.0 Å². The van der Waals surface area contributed by atoms with Gasteiger partial charge in [0.2, 0.25) is 5.91 Å². The zero-order valence-corrected chi connectivity index (χ0v) is 25.1. The van der Waals surface area contributed by atoms with Crippen molar-refractivity contribution in [2.24, 2.45) is 17.6 Å². The zero-order valence-electron chi connectivity index (χ0n) is 23.4. The zero-order chi connectivity index (χ0) is 28.2. The number of benzene rings is 1. The fourth-order valence-corrected chi connectivity index (χ4v) is 9.75. The summed E-state index contributed by atoms with van der Waals surface area (Å²) in [5.41, 5.74) is 8.96. The van der Waals surface area contributed by atoms with Crippen LogP contribution in [0.15, 0.2) is 33.8 Å². The molecule has 5 aliphatic heterocycles. The number of hydrogen-bond donors (Lipinski definition) is 3. The number of carbonyl (C=O) groups excluding carboxylic acids is 1. The smallest absolute Gasteiger partial charge is 0.352 e. The number of nitrogens with zero attached hydrogens (tertiary/aromatic N) is 4. The number of aliphatic carboxylic acids is 1. The Morgan fingerprint density at radius 1 is 1.20 bits per heavy atom. The number of aliphatic hydroxyl groups excluding tert-OH is 1. The molecule has 1 aromatic heterocycles. The van der Waals surface area contributed by atoms with E-state index in [2.05, 4.69) is 18.2 Å². The minimum Gasteiger partial charge on any atom is -0.477 e. The van der Waals surface area contributed by atoms with Gasteiger partial charge in [-0.1, -0.05) is 24.8 Å². The molecule has 216 valence electrons. The standard InChI is InChI=1S/C29H40N5O4S2/c1-18-21(26(28(37)38)32-25(18)24(19(2)35)27(32)36)17-39-29-31-22-16-20(4-5-23(22)40-29)6-9-34-13-10-33(11-14-34,12-15-34)8-3-7-30/h4-5,16,18-19,24-25,35H,3,6-15,17,30H2,1-2H3/q+1/p+1/t18-,19+,24+,25+,33?,34?/m0/s1. The molecule has 0 saturated carbocycles. The Balaban J connectivity index is 1.10. The number of rotatable bonds is 11. The summed E-state index contributed by atoms with van der Waals surface area (Å²) in [6, 6.07) is 6.35. The Morgan fingerprint density at radius 3 is 2.50 bits per heavy atom. The highest BCUT2D eigenvalue weighted by Gasteiger charge is 2.59. The number of fused-ring (bicyclic) bond motifs is 5. The molecule has 7 rings (SSSR count). The predicted molar refractivity (Wildman–Crippen MR) is 157 cm³/mol. The molecule has 4 fully saturated rings. The van der Waals surface area contributed by atoms with Crippen LogP contribution in [0, 0.1) is 11.8 Å². The van der Waals surface area contributed by atoms with Crippen molar-refractivity contribution in [2.75, 3.05) is 64.7 Å². The van der Waals surface area contributed by atoms with Crippen LogP contribution in [0.3, 0.4) is 0 Å². The number of hydrogen-bond acceptors (Lipinski definition) is 7. The van der Waals surface area contributed by atoms with E-state index < -0.39 is 18.0 Å². The van der Waals surface area contributed by atoms with E-state index in [4.69, 9.17) is 10.7 Å². The van der Waals surface area contributed by atoms with Gasteiger partial charge in [0, 0.05) is 24.5 Å². The highest BCUT2D eigenvalue weighted by Crippen LogP contribution is 2.48. The number of aliphatic hydroxyl groups is 1. The topological polar surface area (TPSA) is 117 Å². The van der Waals surface area contributed by atoms with E-state index in [1.54, 1.807) is 18.3 Å². The molecule has 1 aromatic carbocycles. The third kappa shape index (κ3) is 4.78. The summed E-state index contributed by atoms with van der Waals surface area (Å²) in [7, 11) is 0. The molecule has 9 nitrogen and oxygen atoms in total. The Kier molecular flexibility index (Phi) is 7.50. The van der Waals surface area contributed by atoms with Crippen molar-refractivity contribution < 1.29 is 28.8 Å². The number of carbonyl (C=O) groups is 2. The van der Waals surface area contributed by atoms with Gasteiger partial charge in [-0.15, -0.1) is 11.3 Å². The van der Waals surface area contributed by atoms with Crippen molar-refractivity contribution in [1.82, 2.24) is 9.88 Å². The Bertz CT molecular complexity index is 1330. The lowest BCUT2D eigenvalue weighted by Crippen LogP contribution is -2.75. The molecule has 0 aliphatic carbocycles. The predicted octanol–water partition coefficient (Wildman–Crippen LogP) is 2.14. The van der Waals surface area contributed by atoms with Gasteiger partial charge in [-0.05, 0) is 36.7 Å². The number of β-lactam (4-membered cyclic amide) rings is 1. The summed E-state index contributed by atoms with van der Waals surface area (Å²) < 4.78 is 4.57. The summed E-state index contributed by atoms with van der Waals surface area (Å²) in [6.45, 7) is 14.5. The summed E-state index contributed by atoms with van der Waals surface area (Å²) in [6.07, 6.45) is 1.40. The molecular weight excluding hydrogens is 546 g/mol. The van der Waals surface area contributed by atoms with Gasteiger partial charge in [0.05, 0.1) is 41.4 Å². The maximum atomic E-state index is 12.6. The maximum Gasteiger partial charge on any atom is 0.352 e. The first kappa shape index (κ1) is 28.1. The summed E-state index contributed by atoms with van der Waals surface area (Å²) in [4.78, 5) is 31.0. The van der Waals surface area contributed by atoms with Gasteiger partial charge in [0.15, 0.2) is 4.34 Å². The molecule has 2 aromatic rings. The second-order valence-electron chi connectivity index (χ2n) is 12.4. The number of piperazine rings is 3. The van der Waals surface area contributed by atoms with E-state index in [-0.39, 0.29) is 23.6 Å². The second kappa shape index (κ2) is 10.7. The normalized spacial score (nSPS) is 32.0. The third-order valence-electron chi connectivity index (χ3n) is 10.2. The fourth-order valence-electron chi connectivity index (χ4n) is 7.55. The van der Waals surface area contributed by atoms with Crippen LogP contribution in [0.25, 0.3) is 10.2 Å². The molecule has 4 N–H and O–H groups in total. The number of amides is 1. The average molecular weight is 588 g/mol. The number of carboxylic acid groups (broad SMARTS) is 1. The first-order valence-electron chi connectivity index (χ1n) is 14.6. The number of thiazole rings is 1. The summed E-state index contributed by atoms with van der Waals surface area (Å²) in [5, 5.41) is 20.0. The molecule has 5 aliphatic rings. The van der Waals surface area contributed by atoms with Crippen LogP contribution in [0.4, 0.5) is 0 Å². The minimum absolute atomic E-state index is 0.0913. The van der Waals surface area contributed by atoms with Crippen LogP contribution in [0.5, 0.6) is 0 Å². The van der Waals surface area contributed by atoms with Crippen LogP contribution in [0.1, 0.15) is 25.8 Å². The molecule has 0 spiro atoms. The lowest BCUT2D eigenvalue weighted by Gasteiger charge is -2.55. The van der Waals surface area contributed by atoms with Crippen LogP contribution in [-0.4, -0.2) is 118 Å². The Labute approximate surface area is 243 Å². The number of aromatic nitrogens is 1. The van der Waals surface area contributed by atoms with Crippen LogP contribution >= 0.6 is 23.1 Å². The molecular formula is C29H41N5O4S2+2. The van der Waals surface area contributed by atoms with Gasteiger partial charge in [-0.2, -0.15) is 0 Å². The Morgan fingerprint density at radius 2 is 1.88 bits per heavy atom. The van der Waals surface area contributed by atoms with Gasteiger partial charge >= 0.3 is 5.97 Å². The number of nitrogens with two attached hydrogens (primary N) is 1. The van der Waals surface area contributed by atoms with E-state index >= 15 is 0 Å². The van der Waals surface area contributed by atoms with Crippen LogP contribution in [0.2, 0.25) is 0 Å². The maximum absolute atomic E-state index is 12.6. The van der Waals surface area contributed by atoms with Gasteiger partial charge < -0.3 is 29.8 Å². The van der Waals surface area contributed by atoms with Crippen molar-refractivity contribution in [3.8, 4) is 0 Å². The number of quaternary nitrogens is 2. The van der Waals surface area contributed by atoms with Gasteiger partial charge in [0.25, 0.3) is 0 Å². The van der Waals surface area contributed by atoms with Gasteiger partial charge in [-0.3, -0.25) is 4.79 Å². The molecule has 6 heterocycles. The second-order valence-corrected chi connectivity index (χ2v) is 14.6. The molecule has 11 heteroatoms. The largest absolute Gasteiger partial charge is 0.477 e.